The average molecular weight is 397 g/mol. The molecule has 1 aliphatic heterocycles. The predicted octanol–water partition coefficient (Wildman–Crippen LogP) is 3.47. The highest BCUT2D eigenvalue weighted by Gasteiger charge is 2.13. The number of unbranched alkanes of at least 4 members (excludes halogenated alkanes) is 1. The number of pyridine rings is 1. The summed E-state index contributed by atoms with van der Waals surface area (Å²) >= 11 is 0. The Morgan fingerprint density at radius 2 is 1.93 bits per heavy atom. The van der Waals surface area contributed by atoms with Crippen LogP contribution in [0.2, 0.25) is 0 Å². The molecular formula is C23H32N4O2. The third-order valence-corrected chi connectivity index (χ3v) is 5.26. The van der Waals surface area contributed by atoms with Gasteiger partial charge in [-0.15, -0.1) is 0 Å². The van der Waals surface area contributed by atoms with Gasteiger partial charge in [0.2, 0.25) is 0 Å². The van der Waals surface area contributed by atoms with Gasteiger partial charge in [-0.2, -0.15) is 0 Å². The first-order valence-corrected chi connectivity index (χ1v) is 10.6. The molecule has 6 heteroatoms. The van der Waals surface area contributed by atoms with Crippen LogP contribution in [0.25, 0.3) is 0 Å². The van der Waals surface area contributed by atoms with Crippen LogP contribution < -0.4 is 15.1 Å². The highest BCUT2D eigenvalue weighted by atomic mass is 16.5. The second-order valence-electron chi connectivity index (χ2n) is 7.28. The van der Waals surface area contributed by atoms with Crippen molar-refractivity contribution in [3.05, 3.63) is 53.7 Å². The van der Waals surface area contributed by atoms with Gasteiger partial charge in [-0.1, -0.05) is 13.3 Å². The number of ether oxygens (including phenoxy) is 1. The molecule has 156 valence electrons. The minimum Gasteiger partial charge on any atom is -0.378 e. The molecule has 1 N–H and O–H groups in total. The lowest BCUT2D eigenvalue weighted by Gasteiger charge is -2.28. The molecule has 1 fully saturated rings. The van der Waals surface area contributed by atoms with Crippen molar-refractivity contribution in [2.45, 2.75) is 33.2 Å². The fourth-order valence-electron chi connectivity index (χ4n) is 3.46. The normalized spacial score (nSPS) is 13.9. The smallest absolute Gasteiger partial charge is 0.251 e. The largest absolute Gasteiger partial charge is 0.378 e. The predicted molar refractivity (Wildman–Crippen MR) is 118 cm³/mol. The number of hydrogen-bond donors (Lipinski definition) is 1. The molecule has 0 saturated carbocycles. The molecule has 0 bridgehead atoms. The first-order chi connectivity index (χ1) is 14.2. The Balaban J connectivity index is 1.56. The van der Waals surface area contributed by atoms with Gasteiger partial charge in [0.1, 0.15) is 5.82 Å². The van der Waals surface area contributed by atoms with E-state index in [2.05, 4.69) is 33.9 Å². The Labute approximate surface area is 173 Å². The van der Waals surface area contributed by atoms with Crippen LogP contribution >= 0.6 is 0 Å². The van der Waals surface area contributed by atoms with E-state index in [-0.39, 0.29) is 5.91 Å². The summed E-state index contributed by atoms with van der Waals surface area (Å²) in [7, 11) is 0. The minimum absolute atomic E-state index is 0.0575. The molecule has 3 rings (SSSR count). The summed E-state index contributed by atoms with van der Waals surface area (Å²) in [4.78, 5) is 21.6. The van der Waals surface area contributed by atoms with Crippen LogP contribution in [-0.4, -0.2) is 50.3 Å². The van der Waals surface area contributed by atoms with Crippen LogP contribution in [0.15, 0.2) is 42.6 Å². The third kappa shape index (κ3) is 5.94. The zero-order valence-electron chi connectivity index (χ0n) is 17.6. The molecule has 6 nitrogen and oxygen atoms in total. The number of carbonyl (C=O) groups is 1. The molecular weight excluding hydrogens is 364 g/mol. The minimum atomic E-state index is -0.0575. The number of nitrogens with zero attached hydrogens (tertiary/aromatic N) is 3. The van der Waals surface area contributed by atoms with E-state index >= 15 is 0 Å². The Morgan fingerprint density at radius 1 is 1.17 bits per heavy atom. The van der Waals surface area contributed by atoms with Crippen LogP contribution in [0.3, 0.4) is 0 Å². The van der Waals surface area contributed by atoms with Crippen LogP contribution in [-0.2, 0) is 11.3 Å². The molecule has 29 heavy (non-hydrogen) atoms. The Kier molecular flexibility index (Phi) is 7.87. The quantitative estimate of drug-likeness (QED) is 0.703. The second-order valence-corrected chi connectivity index (χ2v) is 7.28. The molecule has 1 saturated heterocycles. The fraction of sp³-hybridized carbons (Fsp3) is 0.478. The van der Waals surface area contributed by atoms with Crippen LogP contribution in [0.5, 0.6) is 0 Å². The number of amides is 1. The van der Waals surface area contributed by atoms with Gasteiger partial charge in [0.25, 0.3) is 5.91 Å². The van der Waals surface area contributed by atoms with Gasteiger partial charge in [0.15, 0.2) is 0 Å². The third-order valence-electron chi connectivity index (χ3n) is 5.26. The van der Waals surface area contributed by atoms with E-state index in [0.717, 1.165) is 50.8 Å². The van der Waals surface area contributed by atoms with Gasteiger partial charge in [-0.3, -0.25) is 4.79 Å². The topological polar surface area (TPSA) is 57.7 Å². The van der Waals surface area contributed by atoms with E-state index in [4.69, 9.17) is 4.74 Å². The average Bonchev–Trinajstić information content (AvgIpc) is 2.79. The molecule has 2 heterocycles. The monoisotopic (exact) mass is 396 g/mol. The van der Waals surface area contributed by atoms with Crippen molar-refractivity contribution in [3.63, 3.8) is 0 Å². The molecule has 1 aromatic heterocycles. The summed E-state index contributed by atoms with van der Waals surface area (Å²) < 4.78 is 5.40. The SMILES string of the molecule is CCCCN(CC)c1ccc(C(=O)NCc2ccnc(N3CCOCC3)c2)cc1. The van der Waals surface area contributed by atoms with E-state index in [9.17, 15) is 4.79 Å². The van der Waals surface area contributed by atoms with Crippen molar-refractivity contribution in [1.82, 2.24) is 10.3 Å². The number of nitrogens with one attached hydrogen (secondary N) is 1. The van der Waals surface area contributed by atoms with Gasteiger partial charge in [-0.05, 0) is 55.3 Å². The fourth-order valence-corrected chi connectivity index (χ4v) is 3.46. The van der Waals surface area contributed by atoms with Gasteiger partial charge >= 0.3 is 0 Å². The van der Waals surface area contributed by atoms with Crippen molar-refractivity contribution in [2.24, 2.45) is 0 Å². The first-order valence-electron chi connectivity index (χ1n) is 10.6. The highest BCUT2D eigenvalue weighted by Crippen LogP contribution is 2.17. The first kappa shape index (κ1) is 21.1. The van der Waals surface area contributed by atoms with E-state index in [1.54, 1.807) is 6.20 Å². The van der Waals surface area contributed by atoms with Gasteiger partial charge in [0.05, 0.1) is 13.2 Å². The van der Waals surface area contributed by atoms with E-state index in [0.29, 0.717) is 12.1 Å². The number of morpholine rings is 1. The summed E-state index contributed by atoms with van der Waals surface area (Å²) in [6, 6.07) is 11.9. The molecule has 0 aliphatic carbocycles. The number of carbonyl (C=O) groups excluding carboxylic acids is 1. The standard InChI is InChI=1S/C23H32N4O2/c1-3-5-12-26(4-2)21-8-6-20(7-9-21)23(28)25-18-19-10-11-24-22(17-19)27-13-15-29-16-14-27/h6-11,17H,3-5,12-16,18H2,1-2H3,(H,25,28). The maximum absolute atomic E-state index is 12.6. The van der Waals surface area contributed by atoms with E-state index < -0.39 is 0 Å². The van der Waals surface area contributed by atoms with Crippen molar-refractivity contribution >= 4 is 17.4 Å². The van der Waals surface area contributed by atoms with Gasteiger partial charge in [-0.25, -0.2) is 4.98 Å². The lowest BCUT2D eigenvalue weighted by Crippen LogP contribution is -2.36. The molecule has 1 aromatic carbocycles. The molecule has 1 amide bonds. The summed E-state index contributed by atoms with van der Waals surface area (Å²) in [5.41, 5.74) is 2.90. The summed E-state index contributed by atoms with van der Waals surface area (Å²) in [5.74, 6) is 0.883. The highest BCUT2D eigenvalue weighted by molar-refractivity contribution is 5.94. The maximum Gasteiger partial charge on any atom is 0.251 e. The van der Waals surface area contributed by atoms with Crippen LogP contribution in [0.1, 0.15) is 42.6 Å². The lowest BCUT2D eigenvalue weighted by molar-refractivity contribution is 0.0951. The van der Waals surface area contributed by atoms with Crippen LogP contribution in [0, 0.1) is 0 Å². The van der Waals surface area contributed by atoms with Gasteiger partial charge in [0, 0.05) is 50.2 Å². The van der Waals surface area contributed by atoms with Crippen LogP contribution in [0.4, 0.5) is 11.5 Å². The molecule has 0 atom stereocenters. The van der Waals surface area contributed by atoms with E-state index in [1.165, 1.54) is 18.5 Å². The summed E-state index contributed by atoms with van der Waals surface area (Å²) in [6.45, 7) is 10.0. The Hall–Kier alpha value is -2.60. The van der Waals surface area contributed by atoms with Crippen molar-refractivity contribution in [2.75, 3.05) is 49.2 Å². The number of anilines is 2. The maximum atomic E-state index is 12.6. The number of benzene rings is 1. The zero-order chi connectivity index (χ0) is 20.5. The lowest BCUT2D eigenvalue weighted by atomic mass is 10.1. The van der Waals surface area contributed by atoms with E-state index in [1.807, 2.05) is 36.4 Å². The molecule has 1 aliphatic rings. The number of rotatable bonds is 9. The summed E-state index contributed by atoms with van der Waals surface area (Å²) in [5, 5.41) is 3.02. The zero-order valence-corrected chi connectivity index (χ0v) is 17.6. The Bertz CT molecular complexity index is 773. The molecule has 0 spiro atoms. The van der Waals surface area contributed by atoms with Gasteiger partial charge < -0.3 is 19.9 Å². The number of hydrogen-bond acceptors (Lipinski definition) is 5. The van der Waals surface area contributed by atoms with Crippen molar-refractivity contribution in [1.29, 1.82) is 0 Å². The van der Waals surface area contributed by atoms with Crippen molar-refractivity contribution in [3.8, 4) is 0 Å². The Morgan fingerprint density at radius 3 is 2.62 bits per heavy atom. The molecule has 2 aromatic rings. The molecule has 0 unspecified atom stereocenters. The summed E-state index contributed by atoms with van der Waals surface area (Å²) in [6.07, 6.45) is 4.16. The number of aromatic nitrogens is 1. The van der Waals surface area contributed by atoms with Crippen molar-refractivity contribution < 1.29 is 9.53 Å². The second kappa shape index (κ2) is 10.8. The molecule has 0 radical (unpaired) electrons.